The monoisotopic (exact) mass is 482 g/mol. The van der Waals surface area contributed by atoms with E-state index in [0.717, 1.165) is 18.2 Å². The van der Waals surface area contributed by atoms with E-state index in [2.05, 4.69) is 25.0 Å². The van der Waals surface area contributed by atoms with Gasteiger partial charge in [0.05, 0.1) is 36.2 Å². The molecule has 1 N–H and O–H groups in total. The molecule has 0 radical (unpaired) electrons. The summed E-state index contributed by atoms with van der Waals surface area (Å²) in [5, 5.41) is 3.18. The number of aromatic nitrogens is 7. The van der Waals surface area contributed by atoms with E-state index in [-0.39, 0.29) is 5.56 Å². The van der Waals surface area contributed by atoms with Crippen LogP contribution in [0.2, 0.25) is 0 Å². The molecule has 4 heterocycles. The maximum atomic E-state index is 13.6. The maximum absolute atomic E-state index is 13.6. The number of aryl methyl sites for hydroxylation is 2. The summed E-state index contributed by atoms with van der Waals surface area (Å²) in [7, 11) is 1.51. The number of imidazole rings is 1. The van der Waals surface area contributed by atoms with Crippen molar-refractivity contribution in [2.75, 3.05) is 7.11 Å². The van der Waals surface area contributed by atoms with Gasteiger partial charge in [0, 0.05) is 12.3 Å². The average Bonchev–Trinajstić information content (AvgIpc) is 3.47. The van der Waals surface area contributed by atoms with Gasteiger partial charge >= 0.3 is 12.0 Å². The molecule has 1 aromatic carbocycles. The lowest BCUT2D eigenvalue weighted by atomic mass is 9.88. The first-order valence-corrected chi connectivity index (χ1v) is 11.1. The summed E-state index contributed by atoms with van der Waals surface area (Å²) in [6, 6.07) is 5.72. The van der Waals surface area contributed by atoms with Gasteiger partial charge in [0.25, 0.3) is 11.7 Å². The standard InChI is InChI=1S/C24H22F3N7O/c1-15-13-33(14-29-15)22-23(35-2)30-16(12-28-22)9-10-20-31-21-18(7-5-11-34(21)32-20)17-6-3-4-8-19(17)24(25,26)27/h3-4,6,8-10,12-14,18H,5,7,11H2,1-2H3/p+1. The lowest BCUT2D eigenvalue weighted by Gasteiger charge is -2.20. The Morgan fingerprint density at radius 1 is 1.17 bits per heavy atom. The van der Waals surface area contributed by atoms with Gasteiger partial charge in [-0.1, -0.05) is 18.2 Å². The molecule has 8 nitrogen and oxygen atoms in total. The number of hydrogen-bond donors (Lipinski definition) is 1. The second kappa shape index (κ2) is 8.97. The van der Waals surface area contributed by atoms with Crippen LogP contribution in [-0.2, 0) is 12.7 Å². The number of alkyl halides is 3. The van der Waals surface area contributed by atoms with Crippen molar-refractivity contribution in [3.63, 3.8) is 0 Å². The van der Waals surface area contributed by atoms with Crippen LogP contribution in [-0.4, -0.2) is 36.7 Å². The van der Waals surface area contributed by atoms with Crippen molar-refractivity contribution in [3.05, 3.63) is 77.2 Å². The van der Waals surface area contributed by atoms with E-state index in [0.29, 0.717) is 42.0 Å². The molecular formula is C24H23F3N7O+. The number of ether oxygens (including phenoxy) is 1. The van der Waals surface area contributed by atoms with Gasteiger partial charge in [-0.05, 0) is 42.5 Å². The summed E-state index contributed by atoms with van der Waals surface area (Å²) in [4.78, 5) is 17.7. The lowest BCUT2D eigenvalue weighted by Crippen LogP contribution is -2.44. The molecule has 0 aliphatic carbocycles. The van der Waals surface area contributed by atoms with Crippen LogP contribution in [0, 0.1) is 6.92 Å². The van der Waals surface area contributed by atoms with Gasteiger partial charge in [-0.15, -0.1) is 0 Å². The molecule has 0 bridgehead atoms. The predicted molar refractivity (Wildman–Crippen MR) is 121 cm³/mol. The Bertz CT molecular complexity index is 1390. The zero-order valence-corrected chi connectivity index (χ0v) is 19.1. The molecule has 5 rings (SSSR count). The van der Waals surface area contributed by atoms with Crippen LogP contribution >= 0.6 is 0 Å². The minimum atomic E-state index is -4.42. The minimum Gasteiger partial charge on any atom is -0.478 e. The van der Waals surface area contributed by atoms with Gasteiger partial charge in [0.1, 0.15) is 12.9 Å². The van der Waals surface area contributed by atoms with Crippen molar-refractivity contribution in [2.24, 2.45) is 0 Å². The Hall–Kier alpha value is -4.02. The number of hydrogen-bond acceptors (Lipinski definition) is 5. The molecule has 11 heteroatoms. The maximum Gasteiger partial charge on any atom is 0.416 e. The fourth-order valence-electron chi connectivity index (χ4n) is 4.33. The zero-order chi connectivity index (χ0) is 24.6. The molecule has 1 atom stereocenters. The van der Waals surface area contributed by atoms with E-state index in [1.807, 2.05) is 17.8 Å². The average molecular weight is 482 g/mol. The molecule has 0 amide bonds. The Balaban J connectivity index is 1.43. The number of rotatable bonds is 5. The molecule has 0 saturated heterocycles. The highest BCUT2D eigenvalue weighted by Gasteiger charge is 2.40. The Labute approximate surface area is 199 Å². The van der Waals surface area contributed by atoms with Crippen LogP contribution < -0.4 is 9.42 Å². The molecule has 3 aromatic heterocycles. The fourth-order valence-corrected chi connectivity index (χ4v) is 4.33. The highest BCUT2D eigenvalue weighted by atomic mass is 19.4. The van der Waals surface area contributed by atoms with Gasteiger partial charge in [0.2, 0.25) is 5.82 Å². The van der Waals surface area contributed by atoms with E-state index < -0.39 is 17.7 Å². The van der Waals surface area contributed by atoms with E-state index in [1.54, 1.807) is 41.4 Å². The summed E-state index contributed by atoms with van der Waals surface area (Å²) in [6.07, 6.45) is 5.43. The van der Waals surface area contributed by atoms with Crippen molar-refractivity contribution in [3.8, 4) is 11.7 Å². The molecule has 0 saturated carbocycles. The molecule has 1 aliphatic rings. The van der Waals surface area contributed by atoms with Crippen LogP contribution in [0.1, 0.15) is 52.9 Å². The summed E-state index contributed by atoms with van der Waals surface area (Å²) >= 11 is 0. The number of nitrogens with zero attached hydrogens (tertiary/aromatic N) is 6. The predicted octanol–water partition coefficient (Wildman–Crippen LogP) is 4.10. The van der Waals surface area contributed by atoms with Crippen LogP contribution in [0.5, 0.6) is 5.88 Å². The smallest absolute Gasteiger partial charge is 0.416 e. The Morgan fingerprint density at radius 3 is 2.74 bits per heavy atom. The molecule has 0 fully saturated rings. The van der Waals surface area contributed by atoms with Crippen molar-refractivity contribution >= 4 is 12.2 Å². The van der Waals surface area contributed by atoms with Crippen molar-refractivity contribution < 1.29 is 22.6 Å². The first kappa shape index (κ1) is 22.8. The molecule has 35 heavy (non-hydrogen) atoms. The molecule has 180 valence electrons. The van der Waals surface area contributed by atoms with Gasteiger partial charge in [0.15, 0.2) is 0 Å². The lowest BCUT2D eigenvalue weighted by molar-refractivity contribution is -0.763. The molecular weight excluding hydrogens is 459 g/mol. The van der Waals surface area contributed by atoms with Crippen molar-refractivity contribution in [1.29, 1.82) is 0 Å². The number of nitrogens with one attached hydrogen (secondary N) is 1. The van der Waals surface area contributed by atoms with E-state index in [4.69, 9.17) is 4.74 Å². The van der Waals surface area contributed by atoms with Crippen LogP contribution in [0.4, 0.5) is 13.2 Å². The van der Waals surface area contributed by atoms with Crippen molar-refractivity contribution in [2.45, 2.75) is 38.4 Å². The van der Waals surface area contributed by atoms with Gasteiger partial charge in [-0.2, -0.15) is 23.0 Å². The second-order valence-electron chi connectivity index (χ2n) is 8.28. The number of fused-ring (bicyclic) bond motifs is 1. The normalized spacial score (nSPS) is 16.0. The highest BCUT2D eigenvalue weighted by molar-refractivity contribution is 5.64. The fraction of sp³-hybridized carbons (Fsp3) is 0.292. The highest BCUT2D eigenvalue weighted by Crippen LogP contribution is 2.39. The molecule has 1 aliphatic heterocycles. The van der Waals surface area contributed by atoms with Crippen LogP contribution in [0.15, 0.2) is 43.0 Å². The van der Waals surface area contributed by atoms with Crippen LogP contribution in [0.3, 0.4) is 0 Å². The quantitative estimate of drug-likeness (QED) is 0.433. The second-order valence-corrected chi connectivity index (χ2v) is 8.28. The largest absolute Gasteiger partial charge is 0.478 e. The van der Waals surface area contributed by atoms with E-state index in [9.17, 15) is 13.2 Å². The zero-order valence-electron chi connectivity index (χ0n) is 19.1. The van der Waals surface area contributed by atoms with Crippen LogP contribution in [0.25, 0.3) is 18.0 Å². The number of benzene rings is 1. The Morgan fingerprint density at radius 2 is 2.00 bits per heavy atom. The Kier molecular flexibility index (Phi) is 5.83. The number of methoxy groups -OCH3 is 1. The molecule has 4 aromatic rings. The number of H-pyrrole nitrogens is 1. The summed E-state index contributed by atoms with van der Waals surface area (Å²) in [5.74, 6) is 1.51. The summed E-state index contributed by atoms with van der Waals surface area (Å²) in [5.41, 5.74) is 1.01. The third kappa shape index (κ3) is 4.53. The first-order chi connectivity index (χ1) is 16.8. The third-order valence-electron chi connectivity index (χ3n) is 5.89. The summed E-state index contributed by atoms with van der Waals surface area (Å²) in [6.45, 7) is 2.54. The molecule has 1 unspecified atom stereocenters. The molecule has 0 spiro atoms. The SMILES string of the molecule is COc1nc(C=Cc2nc3[n+]([nH]2)CCCC3c2ccccc2C(F)(F)F)cnc1-n1cnc(C)c1. The number of aromatic amines is 1. The first-order valence-electron chi connectivity index (χ1n) is 11.1. The van der Waals surface area contributed by atoms with Crippen molar-refractivity contribution in [1.82, 2.24) is 29.6 Å². The third-order valence-corrected chi connectivity index (χ3v) is 5.89. The van der Waals surface area contributed by atoms with Gasteiger partial charge in [-0.25, -0.2) is 15.0 Å². The van der Waals surface area contributed by atoms with E-state index in [1.165, 1.54) is 13.2 Å². The summed E-state index contributed by atoms with van der Waals surface area (Å²) < 4.78 is 49.8. The van der Waals surface area contributed by atoms with Gasteiger partial charge < -0.3 is 4.74 Å². The minimum absolute atomic E-state index is 0.247. The van der Waals surface area contributed by atoms with E-state index >= 15 is 0 Å². The van der Waals surface area contributed by atoms with Gasteiger partial charge in [-0.3, -0.25) is 4.57 Å². The topological polar surface area (TPSA) is 85.4 Å². The number of halogens is 3.